The zero-order chi connectivity index (χ0) is 23.3. The van der Waals surface area contributed by atoms with Crippen LogP contribution in [0.1, 0.15) is 26.2 Å². The number of methoxy groups -OCH3 is 2. The number of benzene rings is 2. The number of allylic oxidation sites excluding steroid dienone is 1. The number of amidine groups is 1. The third-order valence-electron chi connectivity index (χ3n) is 6.43. The molecule has 32 heavy (non-hydrogen) atoms. The third-order valence-corrected chi connectivity index (χ3v) is 6.43. The van der Waals surface area contributed by atoms with Crippen LogP contribution in [0.15, 0.2) is 58.7 Å². The first-order valence-electron chi connectivity index (χ1n) is 11.1. The number of nitrogens with one attached hydrogen (secondary N) is 1. The van der Waals surface area contributed by atoms with Gasteiger partial charge in [-0.2, -0.15) is 0 Å². The van der Waals surface area contributed by atoms with Crippen molar-refractivity contribution in [2.45, 2.75) is 31.2 Å². The summed E-state index contributed by atoms with van der Waals surface area (Å²) in [6.45, 7) is 0. The van der Waals surface area contributed by atoms with E-state index in [4.69, 9.17) is 10.8 Å². The predicted molar refractivity (Wildman–Crippen MR) is 123 cm³/mol. The molecule has 1 saturated heterocycles. The first-order chi connectivity index (χ1) is 15.9. The summed E-state index contributed by atoms with van der Waals surface area (Å²) in [7, 11) is 4.76. The fraction of sp³-hybridized carbons (Fsp3) is 0.320. The molecule has 2 aliphatic heterocycles. The van der Waals surface area contributed by atoms with Gasteiger partial charge >= 0.3 is 0 Å². The fourth-order valence-corrected chi connectivity index (χ4v) is 4.93. The molecule has 1 saturated carbocycles. The molecule has 2 aromatic carbocycles. The van der Waals surface area contributed by atoms with E-state index in [1.54, 1.807) is 39.5 Å². The topological polar surface area (TPSA) is 80.2 Å². The molecule has 0 bridgehead atoms. The van der Waals surface area contributed by atoms with Crippen molar-refractivity contribution in [3.8, 4) is 11.5 Å². The molecule has 0 amide bonds. The Hall–Kier alpha value is -3.61. The van der Waals surface area contributed by atoms with Crippen molar-refractivity contribution in [2.75, 3.05) is 31.5 Å². The highest BCUT2D eigenvalue weighted by atomic mass is 16.5. The number of aliphatic imine (C=N–C) groups is 1. The molecular weight excluding hydrogens is 406 g/mol. The summed E-state index contributed by atoms with van der Waals surface area (Å²) in [4.78, 5) is 33.1. The van der Waals surface area contributed by atoms with E-state index >= 15 is 0 Å². The Bertz CT molecular complexity index is 1190. The lowest BCUT2D eigenvalue weighted by molar-refractivity contribution is -0.122. The van der Waals surface area contributed by atoms with Crippen LogP contribution in [0.25, 0.3) is 0 Å². The third kappa shape index (κ3) is 2.92. The zero-order valence-corrected chi connectivity index (χ0v) is 18.3. The van der Waals surface area contributed by atoms with Crippen molar-refractivity contribution in [1.82, 2.24) is 0 Å². The number of hydrogen-bond acceptors (Lipinski definition) is 6. The highest BCUT2D eigenvalue weighted by Crippen LogP contribution is 2.48. The summed E-state index contributed by atoms with van der Waals surface area (Å²) in [6, 6.07) is 13.3. The minimum atomic E-state index is -1.20. The summed E-state index contributed by atoms with van der Waals surface area (Å²) < 4.78 is 19.2. The van der Waals surface area contributed by atoms with Crippen LogP contribution < -0.4 is 19.7 Å². The summed E-state index contributed by atoms with van der Waals surface area (Å²) in [5.74, 6) is 1.17. The first kappa shape index (κ1) is 19.1. The van der Waals surface area contributed by atoms with Crippen LogP contribution in [0, 0.1) is 0 Å². The average Bonchev–Trinajstić information content (AvgIpc) is 3.45. The maximum Gasteiger partial charge on any atom is 0.194 e. The number of carbonyl (C=O) groups excluding carboxylic acids is 2. The van der Waals surface area contributed by atoms with E-state index in [0.29, 0.717) is 35.0 Å². The van der Waals surface area contributed by atoms with Crippen LogP contribution in [-0.2, 0) is 16.0 Å². The van der Waals surface area contributed by atoms with Gasteiger partial charge in [0.1, 0.15) is 28.7 Å². The molecule has 1 aliphatic carbocycles. The van der Waals surface area contributed by atoms with Gasteiger partial charge in [-0.25, -0.2) is 0 Å². The van der Waals surface area contributed by atoms with Crippen molar-refractivity contribution in [3.63, 3.8) is 0 Å². The van der Waals surface area contributed by atoms with Gasteiger partial charge in [-0.3, -0.25) is 14.6 Å². The highest BCUT2D eigenvalue weighted by Gasteiger charge is 2.59. The Morgan fingerprint density at radius 3 is 2.44 bits per heavy atom. The van der Waals surface area contributed by atoms with Crippen LogP contribution >= 0.6 is 0 Å². The lowest BCUT2D eigenvalue weighted by Gasteiger charge is -2.34. The zero-order valence-electron chi connectivity index (χ0n) is 19.3. The average molecular weight is 432 g/mol. The molecule has 5 rings (SSSR count). The molecule has 7 nitrogen and oxygen atoms in total. The maximum atomic E-state index is 14.1. The van der Waals surface area contributed by atoms with E-state index < -0.39 is 11.9 Å². The maximum absolute atomic E-state index is 14.1. The minimum Gasteiger partial charge on any atom is -0.497 e. The standard InChI is InChI=1S/C25H25N3O4/c1-26-24-22(21-10-15-6-4-5-7-20(15)27-21)23(30)25(9-8-17(29)14-25)28(24)16-11-18(31-2)13-19(12-16)32-3/h4-7,11-13,27H,8-10,14H2,1-3H3/i8D. The van der Waals surface area contributed by atoms with Crippen LogP contribution in [-0.4, -0.2) is 44.2 Å². The van der Waals surface area contributed by atoms with Gasteiger partial charge < -0.3 is 19.7 Å². The number of nitrogens with zero attached hydrogens (tertiary/aromatic N) is 2. The largest absolute Gasteiger partial charge is 0.497 e. The van der Waals surface area contributed by atoms with E-state index in [0.717, 1.165) is 16.9 Å². The van der Waals surface area contributed by atoms with Crippen LogP contribution in [0.2, 0.25) is 0 Å². The number of anilines is 2. The second kappa shape index (κ2) is 7.51. The highest BCUT2D eigenvalue weighted by molar-refractivity contribution is 6.38. The number of hydrogen-bond donors (Lipinski definition) is 1. The van der Waals surface area contributed by atoms with E-state index in [9.17, 15) is 9.59 Å². The molecule has 0 radical (unpaired) electrons. The van der Waals surface area contributed by atoms with Gasteiger partial charge in [-0.05, 0) is 18.1 Å². The van der Waals surface area contributed by atoms with Gasteiger partial charge in [-0.1, -0.05) is 18.2 Å². The number of Topliss-reactive ketones (excluding diaryl/α,β-unsaturated/α-hetero) is 2. The molecule has 2 heterocycles. The Morgan fingerprint density at radius 2 is 1.84 bits per heavy atom. The van der Waals surface area contributed by atoms with Crippen molar-refractivity contribution in [2.24, 2.45) is 4.99 Å². The number of fused-ring (bicyclic) bond motifs is 1. The summed E-state index contributed by atoms with van der Waals surface area (Å²) in [5, 5.41) is 3.39. The molecule has 1 N–H and O–H groups in total. The molecule has 164 valence electrons. The van der Waals surface area contributed by atoms with Crippen LogP contribution in [0.4, 0.5) is 11.4 Å². The Kier molecular flexibility index (Phi) is 4.48. The number of ether oxygens (including phenoxy) is 2. The first-order valence-corrected chi connectivity index (χ1v) is 10.5. The summed E-state index contributed by atoms with van der Waals surface area (Å²) in [6.07, 6.45) is -0.324. The number of ketones is 2. The van der Waals surface area contributed by atoms with E-state index in [1.807, 2.05) is 29.2 Å². The smallest absolute Gasteiger partial charge is 0.194 e. The van der Waals surface area contributed by atoms with Crippen molar-refractivity contribution in [1.29, 1.82) is 0 Å². The number of carbonyl (C=O) groups is 2. The second-order valence-electron chi connectivity index (χ2n) is 8.18. The van der Waals surface area contributed by atoms with Gasteiger partial charge in [0.05, 0.1) is 25.5 Å². The molecule has 2 unspecified atom stereocenters. The number of rotatable bonds is 3. The Balaban J connectivity index is 1.72. The van der Waals surface area contributed by atoms with Crippen molar-refractivity contribution >= 4 is 28.8 Å². The molecule has 1 spiro atoms. The molecule has 0 aromatic heterocycles. The van der Waals surface area contributed by atoms with E-state index in [1.165, 1.54) is 0 Å². The van der Waals surface area contributed by atoms with Crippen molar-refractivity contribution in [3.05, 3.63) is 59.3 Å². The van der Waals surface area contributed by atoms with Crippen LogP contribution in [0.3, 0.4) is 0 Å². The van der Waals surface area contributed by atoms with E-state index in [2.05, 4.69) is 10.3 Å². The van der Waals surface area contributed by atoms with Gasteiger partial charge in [-0.15, -0.1) is 0 Å². The van der Waals surface area contributed by atoms with Gasteiger partial charge in [0.15, 0.2) is 5.78 Å². The Labute approximate surface area is 188 Å². The lowest BCUT2D eigenvalue weighted by atomic mass is 9.89. The van der Waals surface area contributed by atoms with Crippen molar-refractivity contribution < 1.29 is 20.4 Å². The molecule has 2 aromatic rings. The van der Waals surface area contributed by atoms with E-state index in [-0.39, 0.29) is 24.4 Å². The molecule has 3 aliphatic rings. The summed E-state index contributed by atoms with van der Waals surface area (Å²) in [5.41, 5.74) is 2.72. The van der Waals surface area contributed by atoms with Gasteiger partial charge in [0.2, 0.25) is 0 Å². The minimum absolute atomic E-state index is 0.0394. The fourth-order valence-electron chi connectivity index (χ4n) is 4.93. The quantitative estimate of drug-likeness (QED) is 0.748. The van der Waals surface area contributed by atoms with Gasteiger partial charge in [0, 0.05) is 57.2 Å². The lowest BCUT2D eigenvalue weighted by Crippen LogP contribution is -2.48. The second-order valence-corrected chi connectivity index (χ2v) is 8.18. The predicted octanol–water partition coefficient (Wildman–Crippen LogP) is 3.54. The molecule has 7 heteroatoms. The normalized spacial score (nSPS) is 28.3. The summed E-state index contributed by atoms with van der Waals surface area (Å²) >= 11 is 0. The SMILES string of the molecule is [2H]C1CC2(CC1=O)C(=O)C(=C1Cc3ccccc3N1)C(=NC)N2c1cc(OC)cc(OC)c1. The molecule has 2 atom stereocenters. The van der Waals surface area contributed by atoms with Gasteiger partial charge in [0.25, 0.3) is 0 Å². The Morgan fingerprint density at radius 1 is 1.12 bits per heavy atom. The van der Waals surface area contributed by atoms with Crippen LogP contribution in [0.5, 0.6) is 11.5 Å². The molecule has 2 fully saturated rings. The molecular formula is C25H25N3O4. The monoisotopic (exact) mass is 432 g/mol. The number of para-hydroxylation sites is 1.